The molecular weight excluding hydrogens is 142 g/mol. The summed E-state index contributed by atoms with van der Waals surface area (Å²) in [5, 5.41) is 8.50. The molecule has 3 N–H and O–H groups in total. The summed E-state index contributed by atoms with van der Waals surface area (Å²) in [7, 11) is 0. The molecule has 3 nitrogen and oxygen atoms in total. The van der Waals surface area contributed by atoms with Crippen molar-refractivity contribution in [1.82, 2.24) is 0 Å². The molecule has 1 saturated heterocycles. The molecule has 1 aliphatic heterocycles. The number of epoxide rings is 1. The third-order valence-corrected chi connectivity index (χ3v) is 1.77. The summed E-state index contributed by atoms with van der Waals surface area (Å²) in [6.45, 7) is 7.59. The molecule has 1 fully saturated rings. The van der Waals surface area contributed by atoms with Crippen LogP contribution in [0.3, 0.4) is 0 Å². The lowest BCUT2D eigenvalue weighted by molar-refractivity contribution is 0.170. The second kappa shape index (κ2) is 4.70. The van der Waals surface area contributed by atoms with Crippen LogP contribution in [0.15, 0.2) is 0 Å². The lowest BCUT2D eigenvalue weighted by atomic mass is 10.2. The van der Waals surface area contributed by atoms with Crippen molar-refractivity contribution in [3.05, 3.63) is 0 Å². The second-order valence-corrected chi connectivity index (χ2v) is 3.15. The minimum atomic E-state index is -0.370. The van der Waals surface area contributed by atoms with Crippen molar-refractivity contribution in [2.45, 2.75) is 52.0 Å². The molecule has 1 aliphatic rings. The normalized spacial score (nSPS) is 33.3. The topological polar surface area (TPSA) is 58.8 Å². The Morgan fingerprint density at radius 1 is 1.27 bits per heavy atom. The SMILES string of the molecule is C[C@@H]1O[C@@H]1C.C[C@H](N)[C@H](C)O. The van der Waals surface area contributed by atoms with E-state index in [0.717, 1.165) is 0 Å². The van der Waals surface area contributed by atoms with E-state index in [2.05, 4.69) is 13.8 Å². The first-order valence-corrected chi connectivity index (χ1v) is 4.04. The van der Waals surface area contributed by atoms with Gasteiger partial charge in [-0.2, -0.15) is 0 Å². The first-order valence-electron chi connectivity index (χ1n) is 4.04. The fourth-order valence-corrected chi connectivity index (χ4v) is 0.293. The molecule has 1 rings (SSSR count). The largest absolute Gasteiger partial charge is 0.392 e. The molecule has 0 unspecified atom stereocenters. The molecule has 0 aromatic carbocycles. The van der Waals surface area contributed by atoms with Crippen LogP contribution in [0.2, 0.25) is 0 Å². The smallest absolute Gasteiger partial charge is 0.0811 e. The average Bonchev–Trinajstić information content (AvgIpc) is 2.46. The van der Waals surface area contributed by atoms with E-state index in [9.17, 15) is 0 Å². The van der Waals surface area contributed by atoms with Crippen LogP contribution in [0.5, 0.6) is 0 Å². The minimum absolute atomic E-state index is 0.0926. The van der Waals surface area contributed by atoms with E-state index in [1.807, 2.05) is 0 Å². The summed E-state index contributed by atoms with van der Waals surface area (Å²) in [6, 6.07) is -0.0926. The van der Waals surface area contributed by atoms with Gasteiger partial charge in [-0.15, -0.1) is 0 Å². The van der Waals surface area contributed by atoms with Crippen molar-refractivity contribution in [3.63, 3.8) is 0 Å². The Kier molecular flexibility index (Phi) is 4.65. The van der Waals surface area contributed by atoms with Gasteiger partial charge in [0.15, 0.2) is 0 Å². The molecular formula is C8H19NO2. The summed E-state index contributed by atoms with van der Waals surface area (Å²) in [5.74, 6) is 0. The van der Waals surface area contributed by atoms with E-state index in [1.165, 1.54) is 0 Å². The molecule has 0 aromatic rings. The van der Waals surface area contributed by atoms with Crippen LogP contribution >= 0.6 is 0 Å². The van der Waals surface area contributed by atoms with Crippen molar-refractivity contribution >= 4 is 0 Å². The summed E-state index contributed by atoms with van der Waals surface area (Å²) in [4.78, 5) is 0. The van der Waals surface area contributed by atoms with E-state index < -0.39 is 0 Å². The molecule has 0 amide bonds. The number of hydrogen-bond donors (Lipinski definition) is 2. The zero-order valence-corrected chi connectivity index (χ0v) is 7.74. The molecule has 0 aromatic heterocycles. The quantitative estimate of drug-likeness (QED) is 0.551. The van der Waals surface area contributed by atoms with Crippen LogP contribution < -0.4 is 5.73 Å². The van der Waals surface area contributed by atoms with Crippen molar-refractivity contribution in [2.24, 2.45) is 5.73 Å². The lowest BCUT2D eigenvalue weighted by Gasteiger charge is -2.04. The van der Waals surface area contributed by atoms with Gasteiger partial charge in [-0.1, -0.05) is 0 Å². The fourth-order valence-electron chi connectivity index (χ4n) is 0.293. The van der Waals surface area contributed by atoms with Gasteiger partial charge in [0.05, 0.1) is 18.3 Å². The Balaban J connectivity index is 0.000000183. The Hall–Kier alpha value is -0.120. The van der Waals surface area contributed by atoms with Gasteiger partial charge in [-0.3, -0.25) is 0 Å². The maximum absolute atomic E-state index is 8.50. The number of hydrogen-bond acceptors (Lipinski definition) is 3. The van der Waals surface area contributed by atoms with Crippen molar-refractivity contribution < 1.29 is 9.84 Å². The van der Waals surface area contributed by atoms with Crippen LogP contribution in [0, 0.1) is 0 Å². The van der Waals surface area contributed by atoms with Crippen molar-refractivity contribution in [2.75, 3.05) is 0 Å². The highest BCUT2D eigenvalue weighted by Gasteiger charge is 2.27. The molecule has 0 radical (unpaired) electrons. The highest BCUT2D eigenvalue weighted by atomic mass is 16.6. The number of aliphatic hydroxyl groups is 1. The van der Waals surface area contributed by atoms with Crippen molar-refractivity contribution in [3.8, 4) is 0 Å². The summed E-state index contributed by atoms with van der Waals surface area (Å²) in [5.41, 5.74) is 5.19. The Morgan fingerprint density at radius 3 is 1.45 bits per heavy atom. The van der Waals surface area contributed by atoms with E-state index >= 15 is 0 Å². The summed E-state index contributed by atoms with van der Waals surface area (Å²) < 4.78 is 4.92. The molecule has 1 heterocycles. The average molecular weight is 161 g/mol. The third kappa shape index (κ3) is 6.28. The van der Waals surface area contributed by atoms with E-state index in [-0.39, 0.29) is 12.1 Å². The summed E-state index contributed by atoms with van der Waals surface area (Å²) >= 11 is 0. The maximum atomic E-state index is 8.50. The van der Waals surface area contributed by atoms with Gasteiger partial charge in [0.1, 0.15) is 0 Å². The van der Waals surface area contributed by atoms with Gasteiger partial charge < -0.3 is 15.6 Å². The number of rotatable bonds is 1. The second-order valence-electron chi connectivity index (χ2n) is 3.15. The van der Waals surface area contributed by atoms with E-state index in [4.69, 9.17) is 15.6 Å². The van der Waals surface area contributed by atoms with Gasteiger partial charge >= 0.3 is 0 Å². The number of nitrogens with two attached hydrogens (primary N) is 1. The molecule has 68 valence electrons. The van der Waals surface area contributed by atoms with Crippen LogP contribution in [0.1, 0.15) is 27.7 Å². The molecule has 0 bridgehead atoms. The molecule has 11 heavy (non-hydrogen) atoms. The van der Waals surface area contributed by atoms with Gasteiger partial charge in [-0.05, 0) is 27.7 Å². The van der Waals surface area contributed by atoms with Crippen LogP contribution in [-0.2, 0) is 4.74 Å². The third-order valence-electron chi connectivity index (χ3n) is 1.77. The first kappa shape index (κ1) is 10.9. The van der Waals surface area contributed by atoms with Crippen LogP contribution in [-0.4, -0.2) is 29.5 Å². The molecule has 0 spiro atoms. The zero-order valence-electron chi connectivity index (χ0n) is 7.74. The zero-order chi connectivity index (χ0) is 9.02. The van der Waals surface area contributed by atoms with Crippen LogP contribution in [0.4, 0.5) is 0 Å². The Bertz CT molecular complexity index is 92.3. The first-order chi connectivity index (χ1) is 4.95. The monoisotopic (exact) mass is 161 g/mol. The van der Waals surface area contributed by atoms with Gasteiger partial charge in [0, 0.05) is 6.04 Å². The predicted molar refractivity (Wildman–Crippen MR) is 45.3 cm³/mol. The van der Waals surface area contributed by atoms with Gasteiger partial charge in [-0.25, -0.2) is 0 Å². The van der Waals surface area contributed by atoms with E-state index in [1.54, 1.807) is 13.8 Å². The summed E-state index contributed by atoms with van der Waals surface area (Å²) in [6.07, 6.45) is 0.731. The molecule has 4 atom stereocenters. The number of aliphatic hydroxyl groups excluding tert-OH is 1. The van der Waals surface area contributed by atoms with Gasteiger partial charge in [0.25, 0.3) is 0 Å². The van der Waals surface area contributed by atoms with Crippen molar-refractivity contribution in [1.29, 1.82) is 0 Å². The number of ether oxygens (including phenoxy) is 1. The highest BCUT2D eigenvalue weighted by molar-refractivity contribution is 4.73. The Labute approximate surface area is 68.5 Å². The van der Waals surface area contributed by atoms with Gasteiger partial charge in [0.2, 0.25) is 0 Å². The standard InChI is InChI=1S/C4H11NO.C4H8O/c1-3(5)4(2)6;1-3-4(2)5-3/h3-4,6H,5H2,1-2H3;3-4H,1-2H3/t3-,4-;3-,4+/m0./s1. The van der Waals surface area contributed by atoms with E-state index in [0.29, 0.717) is 12.2 Å². The molecule has 3 heteroatoms. The molecule has 0 saturated carbocycles. The predicted octanol–water partition coefficient (Wildman–Crippen LogP) is 0.508. The maximum Gasteiger partial charge on any atom is 0.0811 e. The fraction of sp³-hybridized carbons (Fsp3) is 1.00. The molecule has 0 aliphatic carbocycles. The highest BCUT2D eigenvalue weighted by Crippen LogP contribution is 2.18. The lowest BCUT2D eigenvalue weighted by Crippen LogP contribution is -2.28. The Morgan fingerprint density at radius 2 is 1.45 bits per heavy atom. The van der Waals surface area contributed by atoms with Crippen LogP contribution in [0.25, 0.3) is 0 Å². The minimum Gasteiger partial charge on any atom is -0.392 e.